The molecule has 1 aromatic rings. The van der Waals surface area contributed by atoms with Crippen LogP contribution in [-0.4, -0.2) is 17.3 Å². The Kier molecular flexibility index (Phi) is 5.39. The Morgan fingerprint density at radius 1 is 1.22 bits per heavy atom. The average molecular weight is 247 g/mol. The standard InChI is InChI=1S/C14H21N3O/c1-11(18)7-6-10-17(16)14(12(2)15)13-8-4-3-5-9-13/h3-5,8-9H,6-7,10,15-16H2,1-2H3/b14-12-. The van der Waals surface area contributed by atoms with Crippen molar-refractivity contribution in [2.75, 3.05) is 6.54 Å². The van der Waals surface area contributed by atoms with Crippen LogP contribution in [0.1, 0.15) is 32.3 Å². The van der Waals surface area contributed by atoms with Gasteiger partial charge in [-0.05, 0) is 20.3 Å². The quantitative estimate of drug-likeness (QED) is 0.594. The zero-order valence-electron chi connectivity index (χ0n) is 11.0. The molecule has 4 nitrogen and oxygen atoms in total. The minimum absolute atomic E-state index is 0.179. The van der Waals surface area contributed by atoms with Crippen molar-refractivity contribution in [3.63, 3.8) is 0 Å². The summed E-state index contributed by atoms with van der Waals surface area (Å²) in [4.78, 5) is 10.9. The second-order valence-corrected chi connectivity index (χ2v) is 4.40. The molecule has 0 bridgehead atoms. The molecule has 0 aliphatic carbocycles. The van der Waals surface area contributed by atoms with Gasteiger partial charge in [0.25, 0.3) is 0 Å². The summed E-state index contributed by atoms with van der Waals surface area (Å²) < 4.78 is 0. The third-order valence-corrected chi connectivity index (χ3v) is 2.64. The van der Waals surface area contributed by atoms with Gasteiger partial charge in [0.15, 0.2) is 0 Å². The van der Waals surface area contributed by atoms with Gasteiger partial charge in [0.2, 0.25) is 0 Å². The van der Waals surface area contributed by atoms with Crippen molar-refractivity contribution in [1.82, 2.24) is 5.01 Å². The molecule has 0 radical (unpaired) electrons. The molecule has 0 fully saturated rings. The number of hydrazine groups is 1. The van der Waals surface area contributed by atoms with Crippen LogP contribution >= 0.6 is 0 Å². The summed E-state index contributed by atoms with van der Waals surface area (Å²) in [6, 6.07) is 9.78. The zero-order valence-corrected chi connectivity index (χ0v) is 11.0. The molecule has 0 atom stereocenters. The lowest BCUT2D eigenvalue weighted by atomic mass is 10.1. The van der Waals surface area contributed by atoms with E-state index in [4.69, 9.17) is 11.6 Å². The van der Waals surface area contributed by atoms with Crippen LogP contribution in [0.15, 0.2) is 36.0 Å². The summed E-state index contributed by atoms with van der Waals surface area (Å²) in [6.07, 6.45) is 1.27. The Labute approximate surface area is 108 Å². The van der Waals surface area contributed by atoms with E-state index >= 15 is 0 Å². The highest BCUT2D eigenvalue weighted by Crippen LogP contribution is 2.18. The molecule has 4 heteroatoms. The number of carbonyl (C=O) groups is 1. The van der Waals surface area contributed by atoms with Gasteiger partial charge in [-0.25, -0.2) is 5.84 Å². The number of Topliss-reactive ketones (excluding diaryl/α,β-unsaturated/α-hetero) is 1. The minimum Gasteiger partial charge on any atom is -0.401 e. The first kappa shape index (κ1) is 14.3. The number of nitrogens with zero attached hydrogens (tertiary/aromatic N) is 1. The molecule has 1 rings (SSSR count). The topological polar surface area (TPSA) is 72.3 Å². The van der Waals surface area contributed by atoms with E-state index < -0.39 is 0 Å². The molecule has 0 heterocycles. The van der Waals surface area contributed by atoms with Crippen molar-refractivity contribution in [1.29, 1.82) is 0 Å². The van der Waals surface area contributed by atoms with Crippen molar-refractivity contribution >= 4 is 11.5 Å². The maximum absolute atomic E-state index is 10.9. The van der Waals surface area contributed by atoms with Crippen LogP contribution in [0.2, 0.25) is 0 Å². The summed E-state index contributed by atoms with van der Waals surface area (Å²) >= 11 is 0. The number of hydrogen-bond donors (Lipinski definition) is 2. The van der Waals surface area contributed by atoms with Crippen LogP contribution in [0.25, 0.3) is 5.70 Å². The van der Waals surface area contributed by atoms with Crippen LogP contribution in [0, 0.1) is 0 Å². The van der Waals surface area contributed by atoms with Crippen LogP contribution < -0.4 is 11.6 Å². The first-order valence-corrected chi connectivity index (χ1v) is 6.06. The monoisotopic (exact) mass is 247 g/mol. The Bertz CT molecular complexity index is 422. The van der Waals surface area contributed by atoms with Crippen molar-refractivity contribution in [3.05, 3.63) is 41.6 Å². The third-order valence-electron chi connectivity index (χ3n) is 2.64. The number of rotatable bonds is 6. The van der Waals surface area contributed by atoms with E-state index in [0.29, 0.717) is 18.7 Å². The van der Waals surface area contributed by atoms with Crippen LogP contribution in [-0.2, 0) is 4.79 Å². The van der Waals surface area contributed by atoms with Gasteiger partial charge in [-0.1, -0.05) is 30.3 Å². The van der Waals surface area contributed by atoms with E-state index in [9.17, 15) is 4.79 Å². The Hall–Kier alpha value is -1.81. The molecule has 98 valence electrons. The number of carbonyl (C=O) groups excluding carboxylic acids is 1. The van der Waals surface area contributed by atoms with E-state index in [1.807, 2.05) is 37.3 Å². The second-order valence-electron chi connectivity index (χ2n) is 4.40. The summed E-state index contributed by atoms with van der Waals surface area (Å²) in [6.45, 7) is 4.02. The van der Waals surface area contributed by atoms with Crippen molar-refractivity contribution in [2.24, 2.45) is 11.6 Å². The van der Waals surface area contributed by atoms with E-state index in [1.165, 1.54) is 0 Å². The molecule has 1 aromatic carbocycles. The first-order chi connectivity index (χ1) is 8.52. The Morgan fingerprint density at radius 2 is 1.83 bits per heavy atom. The van der Waals surface area contributed by atoms with Crippen LogP contribution in [0.4, 0.5) is 0 Å². The lowest BCUT2D eigenvalue weighted by molar-refractivity contribution is -0.117. The van der Waals surface area contributed by atoms with Gasteiger partial charge >= 0.3 is 0 Å². The van der Waals surface area contributed by atoms with Crippen LogP contribution in [0.5, 0.6) is 0 Å². The predicted octanol–water partition coefficient (Wildman–Crippen LogP) is 1.88. The Morgan fingerprint density at radius 3 is 2.33 bits per heavy atom. The molecule has 0 saturated carbocycles. The molecule has 0 aromatic heterocycles. The number of hydrogen-bond acceptors (Lipinski definition) is 4. The van der Waals surface area contributed by atoms with Gasteiger partial charge in [0.05, 0.1) is 5.70 Å². The zero-order chi connectivity index (χ0) is 13.5. The van der Waals surface area contributed by atoms with Gasteiger partial charge in [-0.2, -0.15) is 0 Å². The minimum atomic E-state index is 0.179. The van der Waals surface area contributed by atoms with Gasteiger partial charge in [0, 0.05) is 24.2 Å². The van der Waals surface area contributed by atoms with Gasteiger partial charge in [-0.15, -0.1) is 0 Å². The van der Waals surface area contributed by atoms with Gasteiger partial charge in [0.1, 0.15) is 5.78 Å². The number of benzene rings is 1. The second kappa shape index (κ2) is 6.81. The summed E-state index contributed by atoms with van der Waals surface area (Å²) in [5, 5.41) is 1.62. The fourth-order valence-electron chi connectivity index (χ4n) is 1.83. The van der Waals surface area contributed by atoms with Gasteiger partial charge in [-0.3, -0.25) is 0 Å². The van der Waals surface area contributed by atoms with E-state index in [-0.39, 0.29) is 5.78 Å². The van der Waals surface area contributed by atoms with Crippen molar-refractivity contribution < 1.29 is 4.79 Å². The molecule has 4 N–H and O–H groups in total. The highest BCUT2D eigenvalue weighted by Gasteiger charge is 2.10. The summed E-state index contributed by atoms with van der Waals surface area (Å²) in [5.41, 5.74) is 8.37. The number of ketones is 1. The number of allylic oxidation sites excluding steroid dienone is 1. The molecule has 0 amide bonds. The fraction of sp³-hybridized carbons (Fsp3) is 0.357. The smallest absolute Gasteiger partial charge is 0.129 e. The summed E-state index contributed by atoms with van der Waals surface area (Å²) in [7, 11) is 0. The Balaban J connectivity index is 2.76. The first-order valence-electron chi connectivity index (χ1n) is 6.06. The largest absolute Gasteiger partial charge is 0.401 e. The van der Waals surface area contributed by atoms with E-state index in [0.717, 1.165) is 17.7 Å². The number of nitrogens with two attached hydrogens (primary N) is 2. The van der Waals surface area contributed by atoms with E-state index in [1.54, 1.807) is 11.9 Å². The molecular formula is C14H21N3O. The molecule has 0 saturated heterocycles. The maximum atomic E-state index is 10.9. The molecular weight excluding hydrogens is 226 g/mol. The summed E-state index contributed by atoms with van der Waals surface area (Å²) in [5.74, 6) is 6.20. The average Bonchev–Trinajstić information content (AvgIpc) is 2.29. The highest BCUT2D eigenvalue weighted by molar-refractivity contribution is 5.75. The molecule has 0 aliphatic heterocycles. The SMILES string of the molecule is CC(=O)CCCN(N)/C(=C(/C)N)c1ccccc1. The van der Waals surface area contributed by atoms with Gasteiger partial charge < -0.3 is 15.5 Å². The highest BCUT2D eigenvalue weighted by atomic mass is 16.1. The van der Waals surface area contributed by atoms with Crippen LogP contribution in [0.3, 0.4) is 0 Å². The molecule has 0 aliphatic rings. The lowest BCUT2D eigenvalue weighted by Crippen LogP contribution is -2.32. The lowest BCUT2D eigenvalue weighted by Gasteiger charge is -2.23. The predicted molar refractivity (Wildman–Crippen MR) is 74.0 cm³/mol. The third kappa shape index (κ3) is 4.22. The molecule has 18 heavy (non-hydrogen) atoms. The molecule has 0 unspecified atom stereocenters. The van der Waals surface area contributed by atoms with Crippen molar-refractivity contribution in [3.8, 4) is 0 Å². The molecule has 0 spiro atoms. The normalized spacial score (nSPS) is 11.9. The van der Waals surface area contributed by atoms with Crippen molar-refractivity contribution in [2.45, 2.75) is 26.7 Å². The maximum Gasteiger partial charge on any atom is 0.129 e. The fourth-order valence-corrected chi connectivity index (χ4v) is 1.83. The van der Waals surface area contributed by atoms with E-state index in [2.05, 4.69) is 0 Å².